The lowest BCUT2D eigenvalue weighted by Gasteiger charge is -2.15. The fourth-order valence-corrected chi connectivity index (χ4v) is 1.93. The van der Waals surface area contributed by atoms with E-state index in [1.54, 1.807) is 0 Å². The fraction of sp³-hybridized carbons (Fsp3) is 0.308. The summed E-state index contributed by atoms with van der Waals surface area (Å²) >= 11 is 0. The van der Waals surface area contributed by atoms with Crippen LogP contribution < -0.4 is 16.4 Å². The summed E-state index contributed by atoms with van der Waals surface area (Å²) in [5.41, 5.74) is 6.04. The Morgan fingerprint density at radius 2 is 2.10 bits per heavy atom. The van der Waals surface area contributed by atoms with Crippen LogP contribution >= 0.6 is 0 Å². The summed E-state index contributed by atoms with van der Waals surface area (Å²) in [6.07, 6.45) is 0. The number of nitrogens with zero attached hydrogens (tertiary/aromatic N) is 2. The van der Waals surface area contributed by atoms with Gasteiger partial charge in [-0.1, -0.05) is 30.3 Å². The van der Waals surface area contributed by atoms with Gasteiger partial charge in [0.15, 0.2) is 0 Å². The molecule has 1 unspecified atom stereocenters. The van der Waals surface area contributed by atoms with Crippen molar-refractivity contribution in [1.29, 1.82) is 0 Å². The van der Waals surface area contributed by atoms with Gasteiger partial charge in [0.05, 0.1) is 12.6 Å². The van der Waals surface area contributed by atoms with Crippen LogP contribution in [-0.2, 0) is 4.79 Å². The zero-order valence-electron chi connectivity index (χ0n) is 11.2. The molecule has 0 saturated carbocycles. The van der Waals surface area contributed by atoms with Gasteiger partial charge < -0.3 is 16.0 Å². The van der Waals surface area contributed by atoms with Gasteiger partial charge in [0.25, 0.3) is 0 Å². The monoisotopic (exact) mass is 275 g/mol. The predicted octanol–water partition coefficient (Wildman–Crippen LogP) is -0.186. The highest BCUT2D eigenvalue weighted by Gasteiger charge is 2.24. The van der Waals surface area contributed by atoms with E-state index in [0.717, 1.165) is 5.56 Å². The first-order valence-corrected chi connectivity index (χ1v) is 6.23. The van der Waals surface area contributed by atoms with Crippen molar-refractivity contribution in [3.63, 3.8) is 0 Å². The van der Waals surface area contributed by atoms with Gasteiger partial charge in [0.1, 0.15) is 0 Å². The number of nitrogens with two attached hydrogens (primary N) is 1. The molecule has 1 aliphatic rings. The second kappa shape index (κ2) is 6.05. The van der Waals surface area contributed by atoms with Gasteiger partial charge in [0.2, 0.25) is 11.9 Å². The molecule has 1 aromatic rings. The third kappa shape index (κ3) is 3.47. The number of benzene rings is 1. The number of carbonyl (C=O) groups is 2. The Morgan fingerprint density at radius 3 is 2.75 bits per heavy atom. The van der Waals surface area contributed by atoms with E-state index < -0.39 is 11.9 Å². The van der Waals surface area contributed by atoms with E-state index in [1.807, 2.05) is 42.3 Å². The highest BCUT2D eigenvalue weighted by Crippen LogP contribution is 2.22. The zero-order chi connectivity index (χ0) is 14.5. The number of guanidine groups is 1. The Kier molecular flexibility index (Phi) is 4.19. The first kappa shape index (κ1) is 13.9. The van der Waals surface area contributed by atoms with Crippen molar-refractivity contribution in [2.45, 2.75) is 6.04 Å². The molecule has 0 saturated heterocycles. The van der Waals surface area contributed by atoms with Crippen LogP contribution in [0, 0.1) is 0 Å². The molecule has 1 atom stereocenters. The largest absolute Gasteiger partial charge is 0.368 e. The standard InChI is InChI=1S/C13H17N5O2/c1-18-8-10(9-5-3-2-4-6-9)16-12(18)17-13(20)15-7-11(14)19/h2-6,10H,7-8H2,1H3,(H2,14,19)(H2,15,16,17,20). The van der Waals surface area contributed by atoms with E-state index in [4.69, 9.17) is 5.73 Å². The number of primary amides is 1. The molecule has 3 amide bonds. The molecule has 1 aliphatic heterocycles. The number of nitrogens with one attached hydrogen (secondary N) is 2. The average Bonchev–Trinajstić information content (AvgIpc) is 2.79. The molecule has 1 heterocycles. The molecule has 0 spiro atoms. The Hall–Kier alpha value is -2.57. The van der Waals surface area contributed by atoms with Crippen LogP contribution in [0.15, 0.2) is 35.3 Å². The molecule has 0 fully saturated rings. The summed E-state index contributed by atoms with van der Waals surface area (Å²) in [7, 11) is 1.84. The van der Waals surface area contributed by atoms with Crippen LogP contribution in [0.2, 0.25) is 0 Å². The van der Waals surface area contributed by atoms with Crippen LogP contribution in [0.1, 0.15) is 11.6 Å². The maximum absolute atomic E-state index is 11.6. The Labute approximate surface area is 116 Å². The van der Waals surface area contributed by atoms with Crippen molar-refractivity contribution in [2.24, 2.45) is 10.7 Å². The van der Waals surface area contributed by atoms with Crippen molar-refractivity contribution >= 4 is 17.9 Å². The van der Waals surface area contributed by atoms with E-state index in [0.29, 0.717) is 12.5 Å². The minimum Gasteiger partial charge on any atom is -0.368 e. The molecule has 20 heavy (non-hydrogen) atoms. The maximum atomic E-state index is 11.6. The molecule has 0 bridgehead atoms. The Bertz CT molecular complexity index is 529. The first-order chi connectivity index (χ1) is 9.56. The summed E-state index contributed by atoms with van der Waals surface area (Å²) in [5, 5.41) is 4.95. The molecule has 1 aromatic carbocycles. The number of hydrogen-bond acceptors (Lipinski definition) is 4. The molecule has 2 rings (SSSR count). The molecule has 106 valence electrons. The third-order valence-electron chi connectivity index (χ3n) is 2.92. The topological polar surface area (TPSA) is 99.8 Å². The van der Waals surface area contributed by atoms with Crippen molar-refractivity contribution in [1.82, 2.24) is 15.5 Å². The summed E-state index contributed by atoms with van der Waals surface area (Å²) in [5.74, 6) is -0.121. The molecule has 0 aromatic heterocycles. The quantitative estimate of drug-likeness (QED) is 0.713. The molecular weight excluding hydrogens is 258 g/mol. The van der Waals surface area contributed by atoms with E-state index in [2.05, 4.69) is 15.6 Å². The van der Waals surface area contributed by atoms with Gasteiger partial charge in [-0.05, 0) is 5.56 Å². The summed E-state index contributed by atoms with van der Waals surface area (Å²) < 4.78 is 0. The number of rotatable bonds is 3. The fourth-order valence-electron chi connectivity index (χ4n) is 1.93. The van der Waals surface area contributed by atoms with Crippen LogP contribution in [0.3, 0.4) is 0 Å². The SMILES string of the molecule is CN1CC(c2ccccc2)N=C1NC(=O)NCC(N)=O. The van der Waals surface area contributed by atoms with Crippen LogP contribution in [0.25, 0.3) is 0 Å². The van der Waals surface area contributed by atoms with Gasteiger partial charge in [-0.3, -0.25) is 10.1 Å². The van der Waals surface area contributed by atoms with E-state index in [-0.39, 0.29) is 12.6 Å². The van der Waals surface area contributed by atoms with Crippen molar-refractivity contribution in [3.05, 3.63) is 35.9 Å². The minimum atomic E-state index is -0.593. The molecular formula is C13H17N5O2. The van der Waals surface area contributed by atoms with Crippen LogP contribution in [0.4, 0.5) is 4.79 Å². The van der Waals surface area contributed by atoms with Crippen LogP contribution in [0.5, 0.6) is 0 Å². The first-order valence-electron chi connectivity index (χ1n) is 6.23. The van der Waals surface area contributed by atoms with Gasteiger partial charge in [-0.2, -0.15) is 0 Å². The number of urea groups is 1. The number of aliphatic imine (C=N–C) groups is 1. The highest BCUT2D eigenvalue weighted by molar-refractivity contribution is 5.98. The zero-order valence-corrected chi connectivity index (χ0v) is 11.2. The average molecular weight is 275 g/mol. The molecule has 7 nitrogen and oxygen atoms in total. The van der Waals surface area contributed by atoms with Crippen LogP contribution in [-0.4, -0.2) is 42.9 Å². The van der Waals surface area contributed by atoms with Crippen molar-refractivity contribution < 1.29 is 9.59 Å². The summed E-state index contributed by atoms with van der Waals surface area (Å²) in [6.45, 7) is 0.486. The lowest BCUT2D eigenvalue weighted by molar-refractivity contribution is -0.117. The second-order valence-electron chi connectivity index (χ2n) is 4.53. The smallest absolute Gasteiger partial charge is 0.321 e. The third-order valence-corrected chi connectivity index (χ3v) is 2.92. The minimum absolute atomic E-state index is 0.00681. The number of hydrogen-bond donors (Lipinski definition) is 3. The second-order valence-corrected chi connectivity index (χ2v) is 4.53. The normalized spacial score (nSPS) is 17.6. The Balaban J connectivity index is 1.97. The Morgan fingerprint density at radius 1 is 1.40 bits per heavy atom. The van der Waals surface area contributed by atoms with Gasteiger partial charge in [-0.15, -0.1) is 0 Å². The highest BCUT2D eigenvalue weighted by atomic mass is 16.2. The van der Waals surface area contributed by atoms with Gasteiger partial charge in [0, 0.05) is 13.6 Å². The predicted molar refractivity (Wildman–Crippen MR) is 75.0 cm³/mol. The molecule has 0 aliphatic carbocycles. The van der Waals surface area contributed by atoms with E-state index in [9.17, 15) is 9.59 Å². The number of amides is 3. The number of carbonyl (C=O) groups excluding carboxylic acids is 2. The maximum Gasteiger partial charge on any atom is 0.321 e. The lowest BCUT2D eigenvalue weighted by Crippen LogP contribution is -2.46. The van der Waals surface area contributed by atoms with Gasteiger partial charge in [-0.25, -0.2) is 9.79 Å². The summed E-state index contributed by atoms with van der Waals surface area (Å²) in [4.78, 5) is 28.4. The number of likely N-dealkylation sites (N-methyl/N-ethyl adjacent to an activating group) is 1. The van der Waals surface area contributed by atoms with Crippen molar-refractivity contribution in [3.8, 4) is 0 Å². The van der Waals surface area contributed by atoms with E-state index >= 15 is 0 Å². The van der Waals surface area contributed by atoms with E-state index in [1.165, 1.54) is 0 Å². The van der Waals surface area contributed by atoms with Crippen molar-refractivity contribution in [2.75, 3.05) is 20.1 Å². The molecule has 0 radical (unpaired) electrons. The lowest BCUT2D eigenvalue weighted by atomic mass is 10.1. The molecule has 7 heteroatoms. The van der Waals surface area contributed by atoms with Gasteiger partial charge >= 0.3 is 6.03 Å². The molecule has 4 N–H and O–H groups in total. The summed E-state index contributed by atoms with van der Waals surface area (Å²) in [6, 6.07) is 9.35.